The predicted octanol–water partition coefficient (Wildman–Crippen LogP) is 0.925. The Morgan fingerprint density at radius 3 is 2.64 bits per heavy atom. The van der Waals surface area contributed by atoms with Crippen LogP contribution in [0.3, 0.4) is 0 Å². The van der Waals surface area contributed by atoms with Crippen molar-refractivity contribution in [1.82, 2.24) is 0 Å². The number of aliphatic imine (C=N–C) groups is 1. The SMILES string of the molecule is C=C(C)C(=[OH+])OCCC(C)=NCCO. The third-order valence-electron chi connectivity index (χ3n) is 1.55. The van der Waals surface area contributed by atoms with Crippen LogP contribution in [0.5, 0.6) is 0 Å². The van der Waals surface area contributed by atoms with Crippen LogP contribution < -0.4 is 0 Å². The van der Waals surface area contributed by atoms with Crippen LogP contribution in [-0.4, -0.2) is 41.3 Å². The van der Waals surface area contributed by atoms with Gasteiger partial charge in [-0.25, -0.2) is 0 Å². The minimum Gasteiger partial charge on any atom is -0.394 e. The van der Waals surface area contributed by atoms with Crippen molar-refractivity contribution in [1.29, 1.82) is 0 Å². The Morgan fingerprint density at radius 1 is 1.50 bits per heavy atom. The number of esters is 1. The molecule has 0 heterocycles. The summed E-state index contributed by atoms with van der Waals surface area (Å²) in [5.41, 5.74) is 1.41. The highest BCUT2D eigenvalue weighted by Gasteiger charge is 2.12. The molecular formula is C10H18NO3+. The second-order valence-corrected chi connectivity index (χ2v) is 3.02. The second-order valence-electron chi connectivity index (χ2n) is 3.02. The molecule has 0 aromatic heterocycles. The lowest BCUT2D eigenvalue weighted by atomic mass is 10.3. The highest BCUT2D eigenvalue weighted by molar-refractivity contribution is 5.88. The summed E-state index contributed by atoms with van der Waals surface area (Å²) in [7, 11) is 0. The zero-order valence-electron chi connectivity index (χ0n) is 8.79. The summed E-state index contributed by atoms with van der Waals surface area (Å²) in [6.07, 6.45) is 0.636. The minimum absolute atomic E-state index is 0.0569. The second kappa shape index (κ2) is 7.26. The monoisotopic (exact) mass is 200 g/mol. The van der Waals surface area contributed by atoms with Gasteiger partial charge in [-0.1, -0.05) is 6.58 Å². The van der Waals surface area contributed by atoms with E-state index in [9.17, 15) is 0 Å². The average molecular weight is 200 g/mol. The number of carbonyl (C=O) groups excluding carboxylic acids is 1. The molecule has 0 aromatic carbocycles. The minimum atomic E-state index is -0.125. The zero-order valence-corrected chi connectivity index (χ0v) is 8.79. The quantitative estimate of drug-likeness (QED) is 0.300. The maximum absolute atomic E-state index is 9.13. The molecule has 0 amide bonds. The van der Waals surface area contributed by atoms with E-state index in [1.807, 2.05) is 6.92 Å². The summed E-state index contributed by atoms with van der Waals surface area (Å²) in [5.74, 6) is -0.125. The molecule has 0 bridgehead atoms. The van der Waals surface area contributed by atoms with E-state index in [0.717, 1.165) is 5.71 Å². The van der Waals surface area contributed by atoms with Crippen molar-refractivity contribution >= 4 is 11.7 Å². The molecule has 4 nitrogen and oxygen atoms in total. The van der Waals surface area contributed by atoms with E-state index in [1.165, 1.54) is 0 Å². The molecule has 0 saturated carbocycles. The molecule has 0 fully saturated rings. The molecule has 0 aliphatic carbocycles. The largest absolute Gasteiger partial charge is 0.512 e. The van der Waals surface area contributed by atoms with Crippen LogP contribution in [0.1, 0.15) is 20.3 Å². The van der Waals surface area contributed by atoms with Gasteiger partial charge in [-0.05, 0) is 13.8 Å². The van der Waals surface area contributed by atoms with Gasteiger partial charge in [-0.3, -0.25) is 4.99 Å². The Hall–Kier alpha value is -1.16. The molecule has 0 saturated heterocycles. The molecule has 0 aromatic rings. The molecule has 0 aliphatic rings. The number of aliphatic hydroxyl groups excluding tert-OH is 1. The van der Waals surface area contributed by atoms with Crippen molar-refractivity contribution < 1.29 is 14.6 Å². The van der Waals surface area contributed by atoms with Crippen LogP contribution in [0.25, 0.3) is 0 Å². The topological polar surface area (TPSA) is 63.2 Å². The average Bonchev–Trinajstić information content (AvgIpc) is 2.14. The lowest BCUT2D eigenvalue weighted by molar-refractivity contribution is 0.283. The van der Waals surface area contributed by atoms with E-state index >= 15 is 0 Å². The molecular weight excluding hydrogens is 182 g/mol. The predicted molar refractivity (Wildman–Crippen MR) is 57.4 cm³/mol. The van der Waals surface area contributed by atoms with Crippen LogP contribution >= 0.6 is 0 Å². The van der Waals surface area contributed by atoms with Gasteiger partial charge in [0.1, 0.15) is 0 Å². The fraction of sp³-hybridized carbons (Fsp3) is 0.600. The molecule has 14 heavy (non-hydrogen) atoms. The molecule has 0 atom stereocenters. The summed E-state index contributed by atoms with van der Waals surface area (Å²) in [6.45, 7) is 7.90. The third-order valence-corrected chi connectivity index (χ3v) is 1.55. The van der Waals surface area contributed by atoms with E-state index in [4.69, 9.17) is 14.6 Å². The fourth-order valence-corrected chi connectivity index (χ4v) is 0.739. The Bertz CT molecular complexity index is 234. The van der Waals surface area contributed by atoms with E-state index in [-0.39, 0.29) is 12.6 Å². The molecule has 4 heteroatoms. The van der Waals surface area contributed by atoms with Gasteiger partial charge in [0, 0.05) is 12.1 Å². The first-order chi connectivity index (χ1) is 6.57. The number of nitrogens with zero attached hydrogens (tertiary/aromatic N) is 1. The van der Waals surface area contributed by atoms with Crippen molar-refractivity contribution in [3.63, 3.8) is 0 Å². The fourth-order valence-electron chi connectivity index (χ4n) is 0.739. The summed E-state index contributed by atoms with van der Waals surface area (Å²) in [5, 5.41) is 8.51. The van der Waals surface area contributed by atoms with Crippen molar-refractivity contribution in [2.75, 3.05) is 19.8 Å². The number of aliphatic hydroxyl groups is 1. The molecule has 0 unspecified atom stereocenters. The lowest BCUT2D eigenvalue weighted by Gasteiger charge is -1.97. The van der Waals surface area contributed by atoms with Crippen molar-refractivity contribution in [3.05, 3.63) is 12.2 Å². The van der Waals surface area contributed by atoms with Crippen LogP contribution in [0.2, 0.25) is 0 Å². The van der Waals surface area contributed by atoms with E-state index in [1.54, 1.807) is 6.92 Å². The first kappa shape index (κ1) is 12.8. The molecule has 0 aliphatic heterocycles. The van der Waals surface area contributed by atoms with Crippen LogP contribution in [0.15, 0.2) is 17.1 Å². The third kappa shape index (κ3) is 6.37. The van der Waals surface area contributed by atoms with Crippen LogP contribution in [0.4, 0.5) is 0 Å². The first-order valence-electron chi connectivity index (χ1n) is 4.53. The Balaban J connectivity index is 3.63. The van der Waals surface area contributed by atoms with E-state index < -0.39 is 0 Å². The van der Waals surface area contributed by atoms with Gasteiger partial charge >= 0.3 is 5.97 Å². The van der Waals surface area contributed by atoms with Gasteiger partial charge < -0.3 is 14.6 Å². The highest BCUT2D eigenvalue weighted by Crippen LogP contribution is 1.94. The Morgan fingerprint density at radius 2 is 2.14 bits per heavy atom. The normalized spacial score (nSPS) is 11.2. The maximum atomic E-state index is 9.13. The van der Waals surface area contributed by atoms with Crippen molar-refractivity contribution in [3.8, 4) is 0 Å². The highest BCUT2D eigenvalue weighted by atomic mass is 16.5. The van der Waals surface area contributed by atoms with Gasteiger partial charge in [-0.2, -0.15) is 0 Å². The Labute approximate surface area is 84.3 Å². The lowest BCUT2D eigenvalue weighted by Crippen LogP contribution is -2.09. The summed E-state index contributed by atoms with van der Waals surface area (Å²) >= 11 is 0. The van der Waals surface area contributed by atoms with Crippen LogP contribution in [0, 0.1) is 0 Å². The van der Waals surface area contributed by atoms with Gasteiger partial charge in [-0.15, -0.1) is 0 Å². The molecule has 0 spiro atoms. The van der Waals surface area contributed by atoms with Gasteiger partial charge in [0.15, 0.2) is 6.61 Å². The van der Waals surface area contributed by atoms with Gasteiger partial charge in [0.2, 0.25) is 0 Å². The number of hydrogen-bond acceptors (Lipinski definition) is 3. The molecule has 80 valence electrons. The Kier molecular flexibility index (Phi) is 6.66. The number of hydrogen-bond donors (Lipinski definition) is 1. The molecule has 2 N–H and O–H groups in total. The summed E-state index contributed by atoms with van der Waals surface area (Å²) in [4.78, 5) is 13.2. The van der Waals surface area contributed by atoms with Gasteiger partial charge in [0.05, 0.1) is 18.7 Å². The molecule has 0 rings (SSSR count). The number of rotatable bonds is 6. The maximum Gasteiger partial charge on any atom is 0.512 e. The van der Waals surface area contributed by atoms with Crippen LogP contribution in [-0.2, 0) is 4.74 Å². The summed E-state index contributed by atoms with van der Waals surface area (Å²) in [6, 6.07) is 0. The van der Waals surface area contributed by atoms with Crippen molar-refractivity contribution in [2.45, 2.75) is 20.3 Å². The standard InChI is InChI=1S/C10H17NO3/c1-8(2)10(13)14-7-4-9(3)11-5-6-12/h12H,1,4-7H2,2-3H3/p+1. The smallest absolute Gasteiger partial charge is 0.394 e. The van der Waals surface area contributed by atoms with E-state index in [0.29, 0.717) is 25.1 Å². The zero-order chi connectivity index (χ0) is 11.0. The molecule has 0 radical (unpaired) electrons. The van der Waals surface area contributed by atoms with E-state index in [2.05, 4.69) is 11.6 Å². The van der Waals surface area contributed by atoms with Crippen molar-refractivity contribution in [2.24, 2.45) is 4.99 Å². The number of ether oxygens (including phenoxy) is 1. The first-order valence-corrected chi connectivity index (χ1v) is 4.53. The summed E-state index contributed by atoms with van der Waals surface area (Å²) < 4.78 is 4.98. The van der Waals surface area contributed by atoms with Gasteiger partial charge in [0.25, 0.3) is 0 Å².